The average Bonchev–Trinajstić information content (AvgIpc) is 2.55. The molecule has 0 amide bonds. The van der Waals surface area contributed by atoms with E-state index >= 15 is 0 Å². The minimum atomic E-state index is -0.116. The Kier molecular flexibility index (Phi) is 2.41. The van der Waals surface area contributed by atoms with Crippen LogP contribution in [-0.4, -0.2) is 15.8 Å². The molecule has 78 valence electrons. The largest absolute Gasteiger partial charge is 0.326 e. The molecule has 1 aromatic carbocycles. The lowest BCUT2D eigenvalue weighted by molar-refractivity contribution is 0.112. The van der Waals surface area contributed by atoms with Gasteiger partial charge in [0, 0.05) is 12.1 Å². The Hall–Kier alpha value is -1.84. The van der Waals surface area contributed by atoms with Gasteiger partial charge in [-0.2, -0.15) is 0 Å². The zero-order chi connectivity index (χ0) is 10.8. The predicted octanol–water partition coefficient (Wildman–Crippen LogP) is 1.55. The molecule has 1 N–H and O–H groups in total. The van der Waals surface area contributed by atoms with Crippen molar-refractivity contribution >= 4 is 17.3 Å². The first-order chi connectivity index (χ1) is 7.26. The van der Waals surface area contributed by atoms with Gasteiger partial charge in [0.1, 0.15) is 6.29 Å². The summed E-state index contributed by atoms with van der Waals surface area (Å²) in [5.41, 5.74) is 2.03. The summed E-state index contributed by atoms with van der Waals surface area (Å²) in [4.78, 5) is 24.9. The number of rotatable bonds is 3. The topological polar surface area (TPSA) is 54.9 Å². The summed E-state index contributed by atoms with van der Waals surface area (Å²) in [5, 5.41) is 0. The maximum absolute atomic E-state index is 11.5. The number of H-pyrrole nitrogens is 1. The van der Waals surface area contributed by atoms with Crippen LogP contribution in [0.1, 0.15) is 23.7 Å². The summed E-state index contributed by atoms with van der Waals surface area (Å²) in [6.07, 6.45) is 1.68. The van der Waals surface area contributed by atoms with Gasteiger partial charge in [-0.3, -0.25) is 9.36 Å². The third-order valence-electron chi connectivity index (χ3n) is 2.38. The molecule has 4 nitrogen and oxygen atoms in total. The van der Waals surface area contributed by atoms with E-state index in [0.717, 1.165) is 23.7 Å². The number of nitrogens with one attached hydrogen (secondary N) is 1. The molecule has 0 bridgehead atoms. The monoisotopic (exact) mass is 204 g/mol. The standard InChI is InChI=1S/C11H12N2O2/c1-2-5-13-10-4-3-8(7-14)6-9(10)12-11(13)15/h3-4,6-7H,2,5H2,1H3,(H,12,15). The van der Waals surface area contributed by atoms with Gasteiger partial charge in [0.25, 0.3) is 0 Å². The molecular weight excluding hydrogens is 192 g/mol. The second kappa shape index (κ2) is 3.73. The minimum absolute atomic E-state index is 0.116. The van der Waals surface area contributed by atoms with Crippen LogP contribution in [0.25, 0.3) is 11.0 Å². The van der Waals surface area contributed by atoms with Crippen molar-refractivity contribution in [1.82, 2.24) is 9.55 Å². The third-order valence-corrected chi connectivity index (χ3v) is 2.38. The van der Waals surface area contributed by atoms with Gasteiger partial charge < -0.3 is 4.98 Å². The van der Waals surface area contributed by atoms with Crippen LogP contribution >= 0.6 is 0 Å². The van der Waals surface area contributed by atoms with Crippen molar-refractivity contribution in [3.8, 4) is 0 Å². The van der Waals surface area contributed by atoms with Crippen LogP contribution in [0, 0.1) is 0 Å². The number of aldehydes is 1. The number of hydrogen-bond acceptors (Lipinski definition) is 2. The molecule has 0 saturated carbocycles. The van der Waals surface area contributed by atoms with Crippen LogP contribution in [0.4, 0.5) is 0 Å². The Morgan fingerprint density at radius 3 is 2.93 bits per heavy atom. The molecular formula is C11H12N2O2. The first kappa shape index (κ1) is 9.71. The van der Waals surface area contributed by atoms with E-state index in [9.17, 15) is 9.59 Å². The fourth-order valence-corrected chi connectivity index (χ4v) is 1.70. The molecule has 0 aliphatic heterocycles. The molecule has 0 fully saturated rings. The van der Waals surface area contributed by atoms with Crippen LogP contribution in [0.3, 0.4) is 0 Å². The molecule has 1 heterocycles. The number of carbonyl (C=O) groups excluding carboxylic acids is 1. The third kappa shape index (κ3) is 1.58. The van der Waals surface area contributed by atoms with Crippen LogP contribution in [-0.2, 0) is 6.54 Å². The number of benzene rings is 1. The van der Waals surface area contributed by atoms with Crippen molar-refractivity contribution in [3.63, 3.8) is 0 Å². The van der Waals surface area contributed by atoms with Crippen LogP contribution in [0.2, 0.25) is 0 Å². The highest BCUT2D eigenvalue weighted by Crippen LogP contribution is 2.11. The Morgan fingerprint density at radius 2 is 2.27 bits per heavy atom. The highest BCUT2D eigenvalue weighted by Gasteiger charge is 2.05. The molecule has 0 spiro atoms. The lowest BCUT2D eigenvalue weighted by Crippen LogP contribution is -2.16. The van der Waals surface area contributed by atoms with E-state index in [2.05, 4.69) is 4.98 Å². The fourth-order valence-electron chi connectivity index (χ4n) is 1.70. The highest BCUT2D eigenvalue weighted by molar-refractivity contribution is 5.84. The van der Waals surface area contributed by atoms with Crippen molar-refractivity contribution in [1.29, 1.82) is 0 Å². The van der Waals surface area contributed by atoms with Crippen LogP contribution in [0.15, 0.2) is 23.0 Å². The second-order valence-electron chi connectivity index (χ2n) is 3.48. The van der Waals surface area contributed by atoms with Gasteiger partial charge in [-0.15, -0.1) is 0 Å². The molecule has 2 aromatic rings. The van der Waals surface area contributed by atoms with E-state index in [1.807, 2.05) is 6.92 Å². The molecule has 0 saturated heterocycles. The van der Waals surface area contributed by atoms with E-state index < -0.39 is 0 Å². The molecule has 2 rings (SSSR count). The summed E-state index contributed by atoms with van der Waals surface area (Å²) in [6, 6.07) is 5.21. The zero-order valence-electron chi connectivity index (χ0n) is 8.49. The number of carbonyl (C=O) groups is 1. The first-order valence-corrected chi connectivity index (χ1v) is 4.94. The maximum Gasteiger partial charge on any atom is 0.326 e. The number of aromatic nitrogens is 2. The van der Waals surface area contributed by atoms with E-state index in [1.165, 1.54) is 0 Å². The van der Waals surface area contributed by atoms with E-state index in [1.54, 1.807) is 22.8 Å². The molecule has 0 radical (unpaired) electrons. The van der Waals surface area contributed by atoms with Crippen LogP contribution < -0.4 is 5.69 Å². The molecule has 0 aliphatic carbocycles. The molecule has 4 heteroatoms. The highest BCUT2D eigenvalue weighted by atomic mass is 16.1. The molecule has 1 aromatic heterocycles. The number of aryl methyl sites for hydroxylation is 1. The van der Waals surface area contributed by atoms with Gasteiger partial charge in [0.15, 0.2) is 0 Å². The Morgan fingerprint density at radius 1 is 1.47 bits per heavy atom. The van der Waals surface area contributed by atoms with E-state index in [-0.39, 0.29) is 5.69 Å². The molecule has 15 heavy (non-hydrogen) atoms. The Labute approximate surface area is 86.5 Å². The van der Waals surface area contributed by atoms with Gasteiger partial charge >= 0.3 is 5.69 Å². The quantitative estimate of drug-likeness (QED) is 0.771. The predicted molar refractivity (Wildman–Crippen MR) is 58.2 cm³/mol. The SMILES string of the molecule is CCCn1c(=O)[nH]c2cc(C=O)ccc21. The van der Waals surface area contributed by atoms with Gasteiger partial charge in [-0.1, -0.05) is 6.92 Å². The van der Waals surface area contributed by atoms with Crippen molar-refractivity contribution in [3.05, 3.63) is 34.2 Å². The van der Waals surface area contributed by atoms with Crippen molar-refractivity contribution in [2.75, 3.05) is 0 Å². The maximum atomic E-state index is 11.5. The normalized spacial score (nSPS) is 10.7. The smallest absolute Gasteiger partial charge is 0.306 e. The lowest BCUT2D eigenvalue weighted by Gasteiger charge is -1.99. The van der Waals surface area contributed by atoms with Gasteiger partial charge in [0.05, 0.1) is 11.0 Å². The summed E-state index contributed by atoms with van der Waals surface area (Å²) in [6.45, 7) is 2.71. The number of aromatic amines is 1. The summed E-state index contributed by atoms with van der Waals surface area (Å²) < 4.78 is 1.68. The summed E-state index contributed by atoms with van der Waals surface area (Å²) >= 11 is 0. The van der Waals surface area contributed by atoms with Gasteiger partial charge in [0.2, 0.25) is 0 Å². The minimum Gasteiger partial charge on any atom is -0.306 e. The molecule has 0 unspecified atom stereocenters. The molecule has 0 aliphatic rings. The number of imidazole rings is 1. The zero-order valence-corrected chi connectivity index (χ0v) is 8.49. The second-order valence-corrected chi connectivity index (χ2v) is 3.48. The number of hydrogen-bond donors (Lipinski definition) is 1. The van der Waals surface area contributed by atoms with Crippen LogP contribution in [0.5, 0.6) is 0 Å². The Balaban J connectivity index is 2.68. The average molecular weight is 204 g/mol. The van der Waals surface area contributed by atoms with Crippen molar-refractivity contribution in [2.24, 2.45) is 0 Å². The Bertz CT molecular complexity index is 551. The summed E-state index contributed by atoms with van der Waals surface area (Å²) in [7, 11) is 0. The van der Waals surface area contributed by atoms with E-state index in [4.69, 9.17) is 0 Å². The van der Waals surface area contributed by atoms with E-state index in [0.29, 0.717) is 12.1 Å². The first-order valence-electron chi connectivity index (χ1n) is 4.94. The number of fused-ring (bicyclic) bond motifs is 1. The van der Waals surface area contributed by atoms with Gasteiger partial charge in [-0.05, 0) is 24.6 Å². The number of nitrogens with zero attached hydrogens (tertiary/aromatic N) is 1. The van der Waals surface area contributed by atoms with Gasteiger partial charge in [-0.25, -0.2) is 4.79 Å². The summed E-state index contributed by atoms with van der Waals surface area (Å²) in [5.74, 6) is 0. The van der Waals surface area contributed by atoms with Crippen molar-refractivity contribution in [2.45, 2.75) is 19.9 Å². The fraction of sp³-hybridized carbons (Fsp3) is 0.273. The molecule has 0 atom stereocenters. The van der Waals surface area contributed by atoms with Crippen molar-refractivity contribution < 1.29 is 4.79 Å². The lowest BCUT2D eigenvalue weighted by atomic mass is 10.2.